The highest BCUT2D eigenvalue weighted by Crippen LogP contribution is 2.38. The summed E-state index contributed by atoms with van der Waals surface area (Å²) in [6.07, 6.45) is 4.24. The third kappa shape index (κ3) is 3.87. The van der Waals surface area contributed by atoms with Crippen molar-refractivity contribution in [3.8, 4) is 28.3 Å². The predicted octanol–water partition coefficient (Wildman–Crippen LogP) is 8.57. The first-order chi connectivity index (χ1) is 15.7. The summed E-state index contributed by atoms with van der Waals surface area (Å²) in [7, 11) is 0. The van der Waals surface area contributed by atoms with Crippen LogP contribution in [0.4, 0.5) is 0 Å². The average molecular weight is 428 g/mol. The number of thiophene rings is 1. The van der Waals surface area contributed by atoms with E-state index in [1.54, 1.807) is 6.08 Å². The molecule has 0 spiro atoms. The molecule has 1 heterocycles. The zero-order valence-electron chi connectivity index (χ0n) is 17.6. The van der Waals surface area contributed by atoms with Gasteiger partial charge < -0.3 is 0 Å². The molecule has 0 fully saturated rings. The van der Waals surface area contributed by atoms with E-state index >= 15 is 0 Å². The molecule has 0 radical (unpaired) electrons. The van der Waals surface area contributed by atoms with E-state index < -0.39 is 0 Å². The van der Waals surface area contributed by atoms with Crippen LogP contribution in [0.1, 0.15) is 5.56 Å². The molecule has 5 rings (SSSR count). The molecule has 0 N–H and O–H groups in total. The summed E-state index contributed by atoms with van der Waals surface area (Å²) in [4.78, 5) is 0. The largest absolute Gasteiger partial charge is 0.192 e. The Morgan fingerprint density at radius 2 is 1.31 bits per heavy atom. The van der Waals surface area contributed by atoms with E-state index in [2.05, 4.69) is 104 Å². The van der Waals surface area contributed by atoms with Gasteiger partial charge in [-0.2, -0.15) is 5.26 Å². The topological polar surface area (TPSA) is 23.8 Å². The number of rotatable bonds is 5. The number of hydrogen-bond acceptors (Lipinski definition) is 2. The fourth-order valence-corrected chi connectivity index (χ4v) is 5.07. The number of fused-ring (bicyclic) bond motifs is 3. The van der Waals surface area contributed by atoms with E-state index in [1.807, 2.05) is 17.4 Å². The van der Waals surface area contributed by atoms with Gasteiger partial charge in [0.2, 0.25) is 0 Å². The molecule has 1 aromatic heterocycles. The van der Waals surface area contributed by atoms with Gasteiger partial charge in [-0.3, -0.25) is 0 Å². The highest BCUT2D eigenvalue weighted by Gasteiger charge is 2.09. The molecule has 152 valence electrons. The van der Waals surface area contributed by atoms with Crippen molar-refractivity contribution in [1.82, 2.24) is 0 Å². The summed E-state index contributed by atoms with van der Waals surface area (Å²) in [5.74, 6) is 0. The van der Waals surface area contributed by atoms with Gasteiger partial charge in [-0.15, -0.1) is 11.3 Å². The number of allylic oxidation sites excluding steroid dienone is 3. The standard InChI is InChI=1S/C30H21NS/c1-2-21(20-31)8-9-22-10-12-24(13-11-22)26-15-17-30-28(19-26)27-18-25(14-16-29(27)32-30)23-6-4-3-5-7-23/h2-8,10-19H,1,9H2/b21-8+. The lowest BCUT2D eigenvalue weighted by Crippen LogP contribution is -1.84. The van der Waals surface area contributed by atoms with Crippen molar-refractivity contribution in [2.75, 3.05) is 0 Å². The first-order valence-electron chi connectivity index (χ1n) is 10.6. The number of benzene rings is 4. The molecule has 0 aliphatic rings. The van der Waals surface area contributed by atoms with Gasteiger partial charge in [0.1, 0.15) is 0 Å². The summed E-state index contributed by atoms with van der Waals surface area (Å²) in [6.45, 7) is 3.67. The zero-order chi connectivity index (χ0) is 21.9. The Hall–Kier alpha value is -3.93. The second-order valence-corrected chi connectivity index (χ2v) is 8.85. The minimum atomic E-state index is 0.610. The fourth-order valence-electron chi connectivity index (χ4n) is 4.00. The summed E-state index contributed by atoms with van der Waals surface area (Å²) in [6, 6.07) is 34.8. The summed E-state index contributed by atoms with van der Waals surface area (Å²) >= 11 is 1.84. The minimum Gasteiger partial charge on any atom is -0.192 e. The maximum Gasteiger partial charge on any atom is 0.0988 e. The second-order valence-electron chi connectivity index (χ2n) is 7.77. The first kappa shape index (κ1) is 20.0. The monoisotopic (exact) mass is 427 g/mol. The molecule has 0 atom stereocenters. The molecule has 0 saturated heterocycles. The van der Waals surface area contributed by atoms with Crippen LogP contribution in [0.5, 0.6) is 0 Å². The Balaban J connectivity index is 1.51. The van der Waals surface area contributed by atoms with Crippen LogP contribution < -0.4 is 0 Å². The van der Waals surface area contributed by atoms with Gasteiger partial charge in [0.05, 0.1) is 6.07 Å². The Morgan fingerprint density at radius 3 is 1.88 bits per heavy atom. The third-order valence-corrected chi connectivity index (χ3v) is 6.92. The van der Waals surface area contributed by atoms with Crippen LogP contribution in [0, 0.1) is 11.3 Å². The molecule has 5 aromatic rings. The minimum absolute atomic E-state index is 0.610. The lowest BCUT2D eigenvalue weighted by Gasteiger charge is -2.05. The number of nitriles is 1. The molecule has 2 heteroatoms. The Labute approximate surface area is 192 Å². The summed E-state index contributed by atoms with van der Waals surface area (Å²) in [5, 5.41) is 11.6. The molecule has 0 saturated carbocycles. The molecule has 0 aliphatic heterocycles. The van der Waals surface area contributed by atoms with Gasteiger partial charge in [0, 0.05) is 25.7 Å². The van der Waals surface area contributed by atoms with Gasteiger partial charge in [-0.05, 0) is 58.5 Å². The van der Waals surface area contributed by atoms with Crippen LogP contribution in [0.25, 0.3) is 42.4 Å². The SMILES string of the molecule is C=C/C(C#N)=C\Cc1ccc(-c2ccc3sc4ccc(-c5ccccc5)cc4c3c2)cc1. The maximum absolute atomic E-state index is 9.03. The number of nitrogens with zero attached hydrogens (tertiary/aromatic N) is 1. The Kier molecular flexibility index (Phi) is 5.42. The lowest BCUT2D eigenvalue weighted by molar-refractivity contribution is 1.26. The molecule has 0 bridgehead atoms. The van der Waals surface area contributed by atoms with Crippen LogP contribution in [0.15, 0.2) is 115 Å². The van der Waals surface area contributed by atoms with Crippen LogP contribution in [0.3, 0.4) is 0 Å². The molecular weight excluding hydrogens is 406 g/mol. The molecule has 4 aromatic carbocycles. The van der Waals surface area contributed by atoms with Crippen LogP contribution in [-0.4, -0.2) is 0 Å². The van der Waals surface area contributed by atoms with Gasteiger partial charge in [-0.25, -0.2) is 0 Å². The summed E-state index contributed by atoms with van der Waals surface area (Å²) in [5.41, 5.74) is 6.69. The molecule has 1 nitrogen and oxygen atoms in total. The smallest absolute Gasteiger partial charge is 0.0988 e. The van der Waals surface area contributed by atoms with Crippen LogP contribution >= 0.6 is 11.3 Å². The first-order valence-corrected chi connectivity index (χ1v) is 11.4. The molecule has 32 heavy (non-hydrogen) atoms. The predicted molar refractivity (Wildman–Crippen MR) is 138 cm³/mol. The Morgan fingerprint density at radius 1 is 0.750 bits per heavy atom. The number of hydrogen-bond donors (Lipinski definition) is 0. The second kappa shape index (κ2) is 8.67. The third-order valence-electron chi connectivity index (χ3n) is 5.77. The van der Waals surface area contributed by atoms with E-state index in [1.165, 1.54) is 48.0 Å². The highest BCUT2D eigenvalue weighted by atomic mass is 32.1. The molecule has 0 aliphatic carbocycles. The van der Waals surface area contributed by atoms with E-state index in [9.17, 15) is 0 Å². The van der Waals surface area contributed by atoms with Gasteiger partial charge in [0.25, 0.3) is 0 Å². The van der Waals surface area contributed by atoms with Crippen LogP contribution in [0.2, 0.25) is 0 Å². The highest BCUT2D eigenvalue weighted by molar-refractivity contribution is 7.25. The van der Waals surface area contributed by atoms with E-state index in [-0.39, 0.29) is 0 Å². The van der Waals surface area contributed by atoms with Gasteiger partial charge in [0.15, 0.2) is 0 Å². The van der Waals surface area contributed by atoms with Crippen molar-refractivity contribution in [3.63, 3.8) is 0 Å². The van der Waals surface area contributed by atoms with Crippen LogP contribution in [-0.2, 0) is 6.42 Å². The van der Waals surface area contributed by atoms with E-state index in [0.717, 1.165) is 6.42 Å². The van der Waals surface area contributed by atoms with Crippen molar-refractivity contribution in [3.05, 3.63) is 121 Å². The van der Waals surface area contributed by atoms with Gasteiger partial charge >= 0.3 is 0 Å². The normalized spacial score (nSPS) is 11.5. The lowest BCUT2D eigenvalue weighted by atomic mass is 9.99. The van der Waals surface area contributed by atoms with E-state index in [0.29, 0.717) is 5.57 Å². The maximum atomic E-state index is 9.03. The summed E-state index contributed by atoms with van der Waals surface area (Å²) < 4.78 is 2.62. The van der Waals surface area contributed by atoms with Crippen molar-refractivity contribution in [1.29, 1.82) is 5.26 Å². The fraction of sp³-hybridized carbons (Fsp3) is 0.0333. The zero-order valence-corrected chi connectivity index (χ0v) is 18.4. The van der Waals surface area contributed by atoms with Crippen molar-refractivity contribution in [2.24, 2.45) is 0 Å². The van der Waals surface area contributed by atoms with E-state index in [4.69, 9.17) is 5.26 Å². The van der Waals surface area contributed by atoms with Crippen molar-refractivity contribution in [2.45, 2.75) is 6.42 Å². The quantitative estimate of drug-likeness (QED) is 0.203. The van der Waals surface area contributed by atoms with Gasteiger partial charge in [-0.1, -0.05) is 85.5 Å². The van der Waals surface area contributed by atoms with Crippen molar-refractivity contribution < 1.29 is 0 Å². The Bertz CT molecular complexity index is 1500. The molecule has 0 amide bonds. The van der Waals surface area contributed by atoms with Crippen molar-refractivity contribution >= 4 is 31.5 Å². The molecular formula is C30H21NS. The molecule has 0 unspecified atom stereocenters. The average Bonchev–Trinajstić information content (AvgIpc) is 3.23.